The quantitative estimate of drug-likeness (QED) is 0.826. The van der Waals surface area contributed by atoms with E-state index in [0.29, 0.717) is 6.54 Å². The molecule has 5 nitrogen and oxygen atoms in total. The molecule has 0 radical (unpaired) electrons. The summed E-state index contributed by atoms with van der Waals surface area (Å²) in [6, 6.07) is 0.284. The molecule has 2 unspecified atom stereocenters. The van der Waals surface area contributed by atoms with E-state index in [0.717, 1.165) is 19.0 Å². The molecule has 1 aromatic rings. The summed E-state index contributed by atoms with van der Waals surface area (Å²) in [5.74, 6) is 0.769. The number of likely N-dealkylation sites (tertiary alicyclic amines) is 1. The molecular formula is C14H27N5. The first-order valence-electron chi connectivity index (χ1n) is 7.25. The SMILES string of the molecule is CCn1cc(C(CN)N(C)CC2CCN(C)C2)cn1. The number of likely N-dealkylation sites (N-methyl/N-ethyl adjacent to an activating group) is 1. The first-order valence-corrected chi connectivity index (χ1v) is 7.25. The Labute approximate surface area is 116 Å². The highest BCUT2D eigenvalue weighted by atomic mass is 15.3. The van der Waals surface area contributed by atoms with Gasteiger partial charge in [0.15, 0.2) is 0 Å². The van der Waals surface area contributed by atoms with Crippen LogP contribution in [0.2, 0.25) is 0 Å². The third-order valence-electron chi connectivity index (χ3n) is 4.15. The first kappa shape index (κ1) is 14.5. The minimum absolute atomic E-state index is 0.284. The summed E-state index contributed by atoms with van der Waals surface area (Å²) in [6.45, 7) is 7.20. The zero-order chi connectivity index (χ0) is 13.8. The molecule has 1 saturated heterocycles. The maximum atomic E-state index is 5.97. The zero-order valence-corrected chi connectivity index (χ0v) is 12.4. The molecule has 1 fully saturated rings. The van der Waals surface area contributed by atoms with Crippen LogP contribution in [0.25, 0.3) is 0 Å². The molecule has 2 atom stereocenters. The van der Waals surface area contributed by atoms with Crippen LogP contribution in [0.15, 0.2) is 12.4 Å². The summed E-state index contributed by atoms with van der Waals surface area (Å²) < 4.78 is 1.97. The fourth-order valence-corrected chi connectivity index (χ4v) is 3.00. The molecule has 0 aliphatic carbocycles. The largest absolute Gasteiger partial charge is 0.329 e. The Morgan fingerprint density at radius 3 is 2.89 bits per heavy atom. The normalized spacial score (nSPS) is 22.3. The van der Waals surface area contributed by atoms with Gasteiger partial charge >= 0.3 is 0 Å². The fraction of sp³-hybridized carbons (Fsp3) is 0.786. The van der Waals surface area contributed by atoms with Gasteiger partial charge in [0.05, 0.1) is 6.20 Å². The average Bonchev–Trinajstić information content (AvgIpc) is 3.00. The number of nitrogens with two attached hydrogens (primary N) is 1. The lowest BCUT2D eigenvalue weighted by Gasteiger charge is -2.28. The van der Waals surface area contributed by atoms with E-state index < -0.39 is 0 Å². The highest BCUT2D eigenvalue weighted by molar-refractivity contribution is 5.11. The highest BCUT2D eigenvalue weighted by Gasteiger charge is 2.24. The summed E-state index contributed by atoms with van der Waals surface area (Å²) in [6.07, 6.45) is 5.37. The summed E-state index contributed by atoms with van der Waals surface area (Å²) in [7, 11) is 4.38. The molecule has 1 aliphatic heterocycles. The predicted molar refractivity (Wildman–Crippen MR) is 77.9 cm³/mol. The van der Waals surface area contributed by atoms with Crippen LogP contribution in [0.1, 0.15) is 24.9 Å². The van der Waals surface area contributed by atoms with Crippen molar-refractivity contribution in [2.24, 2.45) is 11.7 Å². The van der Waals surface area contributed by atoms with Crippen LogP contribution in [0, 0.1) is 5.92 Å². The fourth-order valence-electron chi connectivity index (χ4n) is 3.00. The van der Waals surface area contributed by atoms with Gasteiger partial charge in [0.25, 0.3) is 0 Å². The van der Waals surface area contributed by atoms with Gasteiger partial charge in [-0.25, -0.2) is 0 Å². The van der Waals surface area contributed by atoms with Crippen LogP contribution in [0.4, 0.5) is 0 Å². The maximum Gasteiger partial charge on any atom is 0.0538 e. The second-order valence-corrected chi connectivity index (χ2v) is 5.74. The lowest BCUT2D eigenvalue weighted by atomic mass is 10.1. The van der Waals surface area contributed by atoms with Gasteiger partial charge in [-0.05, 0) is 39.9 Å². The third kappa shape index (κ3) is 3.55. The van der Waals surface area contributed by atoms with Crippen molar-refractivity contribution >= 4 is 0 Å². The number of rotatable bonds is 6. The maximum absolute atomic E-state index is 5.97. The Bertz CT molecular complexity index is 389. The van der Waals surface area contributed by atoms with E-state index in [1.807, 2.05) is 10.9 Å². The second kappa shape index (κ2) is 6.50. The second-order valence-electron chi connectivity index (χ2n) is 5.74. The summed E-state index contributed by atoms with van der Waals surface area (Å²) in [4.78, 5) is 4.80. The lowest BCUT2D eigenvalue weighted by Crippen LogP contribution is -2.34. The van der Waals surface area contributed by atoms with Crippen molar-refractivity contribution in [3.63, 3.8) is 0 Å². The van der Waals surface area contributed by atoms with E-state index in [-0.39, 0.29) is 6.04 Å². The van der Waals surface area contributed by atoms with Gasteiger partial charge in [-0.2, -0.15) is 5.10 Å². The molecule has 2 rings (SSSR count). The lowest BCUT2D eigenvalue weighted by molar-refractivity contribution is 0.211. The number of hydrogen-bond acceptors (Lipinski definition) is 4. The Hall–Kier alpha value is -0.910. The van der Waals surface area contributed by atoms with Crippen molar-refractivity contribution in [2.45, 2.75) is 25.9 Å². The van der Waals surface area contributed by atoms with E-state index in [1.165, 1.54) is 25.1 Å². The molecule has 19 heavy (non-hydrogen) atoms. The van der Waals surface area contributed by atoms with Gasteiger partial charge in [0.2, 0.25) is 0 Å². The molecule has 0 amide bonds. The van der Waals surface area contributed by atoms with Crippen LogP contribution in [0.3, 0.4) is 0 Å². The molecule has 5 heteroatoms. The van der Waals surface area contributed by atoms with Crippen molar-refractivity contribution in [3.8, 4) is 0 Å². The first-order chi connectivity index (χ1) is 9.13. The molecule has 1 aliphatic rings. The van der Waals surface area contributed by atoms with Crippen molar-refractivity contribution in [1.82, 2.24) is 19.6 Å². The van der Waals surface area contributed by atoms with Crippen LogP contribution in [-0.4, -0.2) is 59.9 Å². The van der Waals surface area contributed by atoms with Crippen LogP contribution >= 0.6 is 0 Å². The summed E-state index contributed by atoms with van der Waals surface area (Å²) >= 11 is 0. The molecular weight excluding hydrogens is 238 g/mol. The van der Waals surface area contributed by atoms with Crippen LogP contribution in [0.5, 0.6) is 0 Å². The molecule has 1 aromatic heterocycles. The Balaban J connectivity index is 1.96. The van der Waals surface area contributed by atoms with Gasteiger partial charge in [-0.1, -0.05) is 0 Å². The van der Waals surface area contributed by atoms with E-state index in [9.17, 15) is 0 Å². The van der Waals surface area contributed by atoms with Gasteiger partial charge in [-0.3, -0.25) is 9.58 Å². The van der Waals surface area contributed by atoms with Gasteiger partial charge in [0, 0.05) is 44.0 Å². The Kier molecular flexibility index (Phi) is 4.96. The molecule has 0 aromatic carbocycles. The Morgan fingerprint density at radius 2 is 2.37 bits per heavy atom. The van der Waals surface area contributed by atoms with Gasteiger partial charge in [-0.15, -0.1) is 0 Å². The van der Waals surface area contributed by atoms with E-state index in [1.54, 1.807) is 0 Å². The van der Waals surface area contributed by atoms with Gasteiger partial charge in [0.1, 0.15) is 0 Å². The van der Waals surface area contributed by atoms with Crippen molar-refractivity contribution in [1.29, 1.82) is 0 Å². The molecule has 0 bridgehead atoms. The van der Waals surface area contributed by atoms with Gasteiger partial charge < -0.3 is 10.6 Å². The summed E-state index contributed by atoms with van der Waals surface area (Å²) in [5.41, 5.74) is 7.20. The minimum atomic E-state index is 0.284. The smallest absolute Gasteiger partial charge is 0.0538 e. The third-order valence-corrected chi connectivity index (χ3v) is 4.15. The van der Waals surface area contributed by atoms with E-state index >= 15 is 0 Å². The molecule has 2 N–H and O–H groups in total. The monoisotopic (exact) mass is 265 g/mol. The zero-order valence-electron chi connectivity index (χ0n) is 12.4. The molecule has 0 saturated carbocycles. The number of aryl methyl sites for hydroxylation is 1. The van der Waals surface area contributed by atoms with Crippen LogP contribution < -0.4 is 5.73 Å². The van der Waals surface area contributed by atoms with E-state index in [4.69, 9.17) is 5.73 Å². The van der Waals surface area contributed by atoms with Crippen molar-refractivity contribution in [2.75, 3.05) is 40.3 Å². The average molecular weight is 265 g/mol. The summed E-state index contributed by atoms with van der Waals surface area (Å²) in [5, 5.41) is 4.36. The number of hydrogen-bond donors (Lipinski definition) is 1. The van der Waals surface area contributed by atoms with Crippen molar-refractivity contribution in [3.05, 3.63) is 18.0 Å². The number of nitrogens with zero attached hydrogens (tertiary/aromatic N) is 4. The molecule has 2 heterocycles. The van der Waals surface area contributed by atoms with Crippen LogP contribution in [-0.2, 0) is 6.54 Å². The Morgan fingerprint density at radius 1 is 1.58 bits per heavy atom. The number of aromatic nitrogens is 2. The van der Waals surface area contributed by atoms with Crippen molar-refractivity contribution < 1.29 is 0 Å². The predicted octanol–water partition coefficient (Wildman–Crippen LogP) is 0.786. The standard InChI is InChI=1S/C14H27N5/c1-4-19-11-13(8-16-19)14(7-15)18(3)10-12-5-6-17(2)9-12/h8,11-12,14H,4-7,9-10,15H2,1-3H3. The topological polar surface area (TPSA) is 50.3 Å². The minimum Gasteiger partial charge on any atom is -0.329 e. The molecule has 0 spiro atoms. The molecule has 108 valence electrons. The van der Waals surface area contributed by atoms with E-state index in [2.05, 4.69) is 42.1 Å². The highest BCUT2D eigenvalue weighted by Crippen LogP contribution is 2.22.